The van der Waals surface area contributed by atoms with E-state index in [1.54, 1.807) is 0 Å². The van der Waals surface area contributed by atoms with Crippen LogP contribution in [0.1, 0.15) is 78.1 Å². The standard InChI is InChI=1S/C18H37NO3/c1-3-4-5-6-7-8-9-10-11-12-13-19-14-16(20)18(22)17(21)15(19)2/h15-18,20-22H,3-14H2,1-2H3/t15?,16?,17-,18?/m0/s1. The lowest BCUT2D eigenvalue weighted by Crippen LogP contribution is -2.60. The number of likely N-dealkylation sites (tertiary alicyclic amines) is 1. The molecule has 4 heteroatoms. The van der Waals surface area contributed by atoms with E-state index in [-0.39, 0.29) is 6.04 Å². The molecule has 0 aliphatic carbocycles. The first-order chi connectivity index (χ1) is 10.6. The van der Waals surface area contributed by atoms with Crippen LogP contribution in [0, 0.1) is 0 Å². The first-order valence-electron chi connectivity index (χ1n) is 9.36. The number of rotatable bonds is 11. The van der Waals surface area contributed by atoms with Crippen LogP contribution in [-0.4, -0.2) is 57.7 Å². The normalized spacial score (nSPS) is 29.9. The molecule has 22 heavy (non-hydrogen) atoms. The maximum Gasteiger partial charge on any atom is 0.108 e. The summed E-state index contributed by atoms with van der Waals surface area (Å²) in [5, 5.41) is 29.3. The summed E-state index contributed by atoms with van der Waals surface area (Å²) >= 11 is 0. The van der Waals surface area contributed by atoms with Crippen LogP contribution < -0.4 is 0 Å². The van der Waals surface area contributed by atoms with Gasteiger partial charge >= 0.3 is 0 Å². The molecule has 132 valence electrons. The molecule has 1 fully saturated rings. The highest BCUT2D eigenvalue weighted by atomic mass is 16.4. The van der Waals surface area contributed by atoms with E-state index in [0.29, 0.717) is 6.54 Å². The third kappa shape index (κ3) is 6.95. The fourth-order valence-electron chi connectivity index (χ4n) is 3.34. The molecule has 4 atom stereocenters. The Hall–Kier alpha value is -0.160. The van der Waals surface area contributed by atoms with Crippen LogP contribution in [0.15, 0.2) is 0 Å². The van der Waals surface area contributed by atoms with Crippen molar-refractivity contribution in [3.8, 4) is 0 Å². The molecule has 1 aliphatic heterocycles. The molecular weight excluding hydrogens is 278 g/mol. The minimum Gasteiger partial charge on any atom is -0.389 e. The Labute approximate surface area is 136 Å². The topological polar surface area (TPSA) is 63.9 Å². The van der Waals surface area contributed by atoms with Crippen molar-refractivity contribution in [3.63, 3.8) is 0 Å². The van der Waals surface area contributed by atoms with Crippen LogP contribution in [0.2, 0.25) is 0 Å². The van der Waals surface area contributed by atoms with Crippen molar-refractivity contribution in [2.45, 2.75) is 102 Å². The summed E-state index contributed by atoms with van der Waals surface area (Å²) in [4.78, 5) is 2.10. The molecular formula is C18H37NO3. The molecule has 0 amide bonds. The summed E-state index contributed by atoms with van der Waals surface area (Å²) in [7, 11) is 0. The van der Waals surface area contributed by atoms with E-state index in [0.717, 1.165) is 13.0 Å². The van der Waals surface area contributed by atoms with Gasteiger partial charge < -0.3 is 15.3 Å². The molecule has 3 N–H and O–H groups in total. The van der Waals surface area contributed by atoms with Gasteiger partial charge in [-0.3, -0.25) is 4.90 Å². The molecule has 0 aromatic heterocycles. The molecule has 1 saturated heterocycles. The van der Waals surface area contributed by atoms with Gasteiger partial charge in [-0.15, -0.1) is 0 Å². The fourth-order valence-corrected chi connectivity index (χ4v) is 3.34. The van der Waals surface area contributed by atoms with Crippen molar-refractivity contribution < 1.29 is 15.3 Å². The van der Waals surface area contributed by atoms with Gasteiger partial charge in [-0.05, 0) is 19.9 Å². The molecule has 3 unspecified atom stereocenters. The van der Waals surface area contributed by atoms with Gasteiger partial charge in [0.15, 0.2) is 0 Å². The zero-order chi connectivity index (χ0) is 16.4. The van der Waals surface area contributed by atoms with Gasteiger partial charge in [0.1, 0.15) is 6.10 Å². The highest BCUT2D eigenvalue weighted by Crippen LogP contribution is 2.19. The van der Waals surface area contributed by atoms with Gasteiger partial charge in [0.25, 0.3) is 0 Å². The van der Waals surface area contributed by atoms with Crippen molar-refractivity contribution in [3.05, 3.63) is 0 Å². The van der Waals surface area contributed by atoms with E-state index in [4.69, 9.17) is 0 Å². The van der Waals surface area contributed by atoms with E-state index in [1.807, 2.05) is 6.92 Å². The van der Waals surface area contributed by atoms with Crippen molar-refractivity contribution >= 4 is 0 Å². The zero-order valence-electron chi connectivity index (χ0n) is 14.6. The Morgan fingerprint density at radius 3 is 1.82 bits per heavy atom. The summed E-state index contributed by atoms with van der Waals surface area (Å²) in [6, 6.07) is -0.0723. The first-order valence-corrected chi connectivity index (χ1v) is 9.36. The Balaban J connectivity index is 2.00. The molecule has 1 heterocycles. The Kier molecular flexibility index (Phi) is 10.3. The van der Waals surface area contributed by atoms with E-state index in [2.05, 4.69) is 11.8 Å². The largest absolute Gasteiger partial charge is 0.389 e. The molecule has 0 spiro atoms. The molecule has 0 bridgehead atoms. The van der Waals surface area contributed by atoms with Crippen LogP contribution in [0.25, 0.3) is 0 Å². The molecule has 1 aliphatic rings. The van der Waals surface area contributed by atoms with Crippen molar-refractivity contribution in [1.29, 1.82) is 0 Å². The Morgan fingerprint density at radius 1 is 0.773 bits per heavy atom. The molecule has 0 aromatic carbocycles. The quantitative estimate of drug-likeness (QED) is 0.513. The van der Waals surface area contributed by atoms with Crippen LogP contribution in [0.3, 0.4) is 0 Å². The number of nitrogens with zero attached hydrogens (tertiary/aromatic N) is 1. The Bertz CT molecular complexity index is 275. The summed E-state index contributed by atoms with van der Waals surface area (Å²) in [6.07, 6.45) is 10.5. The minimum absolute atomic E-state index is 0.0723. The second kappa shape index (κ2) is 11.4. The van der Waals surface area contributed by atoms with Crippen LogP contribution in [-0.2, 0) is 0 Å². The monoisotopic (exact) mass is 315 g/mol. The van der Waals surface area contributed by atoms with E-state index in [1.165, 1.54) is 57.8 Å². The van der Waals surface area contributed by atoms with Gasteiger partial charge in [0.05, 0.1) is 12.2 Å². The van der Waals surface area contributed by atoms with Crippen molar-refractivity contribution in [2.75, 3.05) is 13.1 Å². The lowest BCUT2D eigenvalue weighted by molar-refractivity contribution is -0.133. The number of unbranched alkanes of at least 4 members (excludes halogenated alkanes) is 9. The lowest BCUT2D eigenvalue weighted by Gasteiger charge is -2.42. The third-order valence-electron chi connectivity index (χ3n) is 5.03. The minimum atomic E-state index is -1.00. The summed E-state index contributed by atoms with van der Waals surface area (Å²) in [5.41, 5.74) is 0. The van der Waals surface area contributed by atoms with Crippen LogP contribution in [0.4, 0.5) is 0 Å². The highest BCUT2D eigenvalue weighted by molar-refractivity contribution is 4.91. The average molecular weight is 315 g/mol. The zero-order valence-corrected chi connectivity index (χ0v) is 14.6. The van der Waals surface area contributed by atoms with Gasteiger partial charge in [-0.1, -0.05) is 64.7 Å². The smallest absolute Gasteiger partial charge is 0.108 e. The van der Waals surface area contributed by atoms with Gasteiger partial charge in [0.2, 0.25) is 0 Å². The van der Waals surface area contributed by atoms with Gasteiger partial charge in [0, 0.05) is 12.6 Å². The molecule has 0 radical (unpaired) electrons. The molecule has 0 saturated carbocycles. The predicted molar refractivity (Wildman–Crippen MR) is 90.9 cm³/mol. The molecule has 1 rings (SSSR count). The van der Waals surface area contributed by atoms with Crippen molar-refractivity contribution in [1.82, 2.24) is 4.90 Å². The lowest BCUT2D eigenvalue weighted by atomic mass is 9.94. The van der Waals surface area contributed by atoms with Gasteiger partial charge in [-0.2, -0.15) is 0 Å². The van der Waals surface area contributed by atoms with Crippen molar-refractivity contribution in [2.24, 2.45) is 0 Å². The SMILES string of the molecule is CCCCCCCCCCCCN1CC(O)C(O)[C@@H](O)C1C. The second-order valence-electron chi connectivity index (χ2n) is 6.97. The molecule has 4 nitrogen and oxygen atoms in total. The third-order valence-corrected chi connectivity index (χ3v) is 5.03. The van der Waals surface area contributed by atoms with Crippen LogP contribution >= 0.6 is 0 Å². The first kappa shape index (κ1) is 19.9. The number of aliphatic hydroxyl groups is 3. The number of β-amino-alcohol motifs (C(OH)–C–C–N with tert-alkyl or cyclic N) is 1. The summed E-state index contributed by atoms with van der Waals surface area (Å²) in [6.45, 7) is 5.55. The van der Waals surface area contributed by atoms with E-state index < -0.39 is 18.3 Å². The van der Waals surface area contributed by atoms with Gasteiger partial charge in [-0.25, -0.2) is 0 Å². The number of aliphatic hydroxyl groups excluding tert-OH is 3. The number of hydrogen-bond donors (Lipinski definition) is 3. The maximum atomic E-state index is 9.90. The fraction of sp³-hybridized carbons (Fsp3) is 1.00. The predicted octanol–water partition coefficient (Wildman–Crippen LogP) is 2.69. The summed E-state index contributed by atoms with van der Waals surface area (Å²) in [5.74, 6) is 0. The second-order valence-corrected chi connectivity index (χ2v) is 6.97. The van der Waals surface area contributed by atoms with Crippen LogP contribution in [0.5, 0.6) is 0 Å². The number of hydrogen-bond acceptors (Lipinski definition) is 4. The molecule has 0 aromatic rings. The summed E-state index contributed by atoms with van der Waals surface area (Å²) < 4.78 is 0. The van der Waals surface area contributed by atoms with E-state index >= 15 is 0 Å². The average Bonchev–Trinajstić information content (AvgIpc) is 2.51. The Morgan fingerprint density at radius 2 is 1.27 bits per heavy atom. The maximum absolute atomic E-state index is 9.90. The van der Waals surface area contributed by atoms with E-state index in [9.17, 15) is 15.3 Å². The highest BCUT2D eigenvalue weighted by Gasteiger charge is 2.38. The number of piperidine rings is 1.